The van der Waals surface area contributed by atoms with Crippen LogP contribution in [0, 0.1) is 0 Å². The number of benzene rings is 3. The minimum absolute atomic E-state index is 0.126. The predicted molar refractivity (Wildman–Crippen MR) is 133 cm³/mol. The first-order valence-corrected chi connectivity index (χ1v) is 11.8. The summed E-state index contributed by atoms with van der Waals surface area (Å²) in [5.41, 5.74) is 4.01. The molecule has 0 aliphatic carbocycles. The molecule has 5 rings (SSSR count). The summed E-state index contributed by atoms with van der Waals surface area (Å²) >= 11 is 0. The van der Waals surface area contributed by atoms with Crippen LogP contribution >= 0.6 is 0 Å². The van der Waals surface area contributed by atoms with Crippen LogP contribution in [0.4, 0.5) is 0 Å². The zero-order valence-electron chi connectivity index (χ0n) is 19.4. The molecule has 3 aromatic carbocycles. The number of ether oxygens (including phenoxy) is 1. The third kappa shape index (κ3) is 4.88. The van der Waals surface area contributed by atoms with Gasteiger partial charge >= 0.3 is 0 Å². The summed E-state index contributed by atoms with van der Waals surface area (Å²) in [5, 5.41) is 3.23. The Morgan fingerprint density at radius 1 is 1.06 bits per heavy atom. The molecule has 1 aromatic heterocycles. The Balaban J connectivity index is 1.33. The van der Waals surface area contributed by atoms with E-state index in [0.717, 1.165) is 42.9 Å². The van der Waals surface area contributed by atoms with Crippen molar-refractivity contribution >= 4 is 5.91 Å². The summed E-state index contributed by atoms with van der Waals surface area (Å²) in [7, 11) is 1.69. The molecule has 0 fully saturated rings. The first-order valence-electron chi connectivity index (χ1n) is 11.8. The molecule has 0 bridgehead atoms. The van der Waals surface area contributed by atoms with E-state index in [2.05, 4.69) is 46.3 Å². The largest absolute Gasteiger partial charge is 0.497 e. The fourth-order valence-electron chi connectivity index (χ4n) is 4.74. The van der Waals surface area contributed by atoms with Crippen LogP contribution in [-0.2, 0) is 19.4 Å². The highest BCUT2D eigenvalue weighted by atomic mass is 16.5. The number of fused-ring (bicyclic) bond motifs is 1. The molecule has 1 N–H and O–H groups in total. The van der Waals surface area contributed by atoms with Crippen molar-refractivity contribution in [2.45, 2.75) is 37.8 Å². The van der Waals surface area contributed by atoms with Crippen molar-refractivity contribution < 1.29 is 9.53 Å². The third-order valence-corrected chi connectivity index (χ3v) is 6.58. The lowest BCUT2D eigenvalue weighted by molar-refractivity contribution is 0.0931. The maximum Gasteiger partial charge on any atom is 0.271 e. The van der Waals surface area contributed by atoms with Crippen molar-refractivity contribution in [3.05, 3.63) is 119 Å². The van der Waals surface area contributed by atoms with Gasteiger partial charge in [-0.25, -0.2) is 4.98 Å². The number of amides is 1. The number of aromatic nitrogens is 2. The molecule has 0 saturated carbocycles. The predicted octanol–water partition coefficient (Wildman–Crippen LogP) is 5.34. The third-order valence-electron chi connectivity index (χ3n) is 6.58. The van der Waals surface area contributed by atoms with E-state index in [1.165, 1.54) is 11.1 Å². The Kier molecular flexibility index (Phi) is 6.43. The number of nitrogens with one attached hydrogen (secondary N) is 1. The Morgan fingerprint density at radius 2 is 1.82 bits per heavy atom. The molecule has 2 heterocycles. The van der Waals surface area contributed by atoms with Crippen LogP contribution in [0.15, 0.2) is 91.1 Å². The van der Waals surface area contributed by atoms with Gasteiger partial charge in [0.05, 0.1) is 13.2 Å². The maximum atomic E-state index is 13.3. The van der Waals surface area contributed by atoms with Gasteiger partial charge in [0.25, 0.3) is 5.91 Å². The molecule has 0 unspecified atom stereocenters. The van der Waals surface area contributed by atoms with Gasteiger partial charge in [-0.2, -0.15) is 0 Å². The zero-order valence-corrected chi connectivity index (χ0v) is 19.4. The first-order chi connectivity index (χ1) is 16.7. The van der Waals surface area contributed by atoms with Gasteiger partial charge in [0.15, 0.2) is 0 Å². The lowest BCUT2D eigenvalue weighted by Gasteiger charge is -2.24. The van der Waals surface area contributed by atoms with Crippen LogP contribution in [-0.4, -0.2) is 22.6 Å². The Morgan fingerprint density at radius 3 is 2.59 bits per heavy atom. The van der Waals surface area contributed by atoms with Gasteiger partial charge in [-0.1, -0.05) is 72.8 Å². The van der Waals surface area contributed by atoms with Crippen molar-refractivity contribution in [2.75, 3.05) is 7.11 Å². The molecule has 1 aliphatic heterocycles. The van der Waals surface area contributed by atoms with Gasteiger partial charge in [-0.15, -0.1) is 0 Å². The summed E-state index contributed by atoms with van der Waals surface area (Å²) < 4.78 is 7.53. The molecule has 2 atom stereocenters. The van der Waals surface area contributed by atoms with Crippen LogP contribution in [0.5, 0.6) is 5.75 Å². The number of rotatable bonds is 7. The number of aryl methyl sites for hydroxylation is 1. The van der Waals surface area contributed by atoms with Gasteiger partial charge in [0, 0.05) is 25.1 Å². The number of hydrogen-bond acceptors (Lipinski definition) is 3. The summed E-state index contributed by atoms with van der Waals surface area (Å²) in [6.45, 7) is 0.814. The van der Waals surface area contributed by atoms with E-state index < -0.39 is 0 Å². The van der Waals surface area contributed by atoms with Crippen molar-refractivity contribution in [1.82, 2.24) is 14.9 Å². The Hall–Kier alpha value is -3.86. The van der Waals surface area contributed by atoms with E-state index in [0.29, 0.717) is 11.6 Å². The molecular weight excluding hydrogens is 422 g/mol. The van der Waals surface area contributed by atoms with E-state index in [9.17, 15) is 4.79 Å². The summed E-state index contributed by atoms with van der Waals surface area (Å²) in [4.78, 5) is 18.0. The van der Waals surface area contributed by atoms with E-state index in [4.69, 9.17) is 9.72 Å². The summed E-state index contributed by atoms with van der Waals surface area (Å²) in [6, 6.07) is 28.5. The van der Waals surface area contributed by atoms with Gasteiger partial charge in [0.2, 0.25) is 0 Å². The normalized spacial score (nSPS) is 15.9. The average molecular weight is 452 g/mol. The molecular formula is C29H29N3O2. The Bertz CT molecular complexity index is 1250. The fraction of sp³-hybridized carbons (Fsp3) is 0.241. The quantitative estimate of drug-likeness (QED) is 0.413. The number of hydrogen-bond donors (Lipinski definition) is 1. The lowest BCUT2D eigenvalue weighted by Crippen LogP contribution is -2.30. The summed E-state index contributed by atoms with van der Waals surface area (Å²) in [5.74, 6) is 2.09. The van der Waals surface area contributed by atoms with Crippen LogP contribution in [0.25, 0.3) is 0 Å². The van der Waals surface area contributed by atoms with Crippen molar-refractivity contribution in [3.63, 3.8) is 0 Å². The molecule has 4 aromatic rings. The Labute approximate surface area is 200 Å². The highest BCUT2D eigenvalue weighted by molar-refractivity contribution is 5.92. The lowest BCUT2D eigenvalue weighted by atomic mass is 9.91. The smallest absolute Gasteiger partial charge is 0.271 e. The standard InChI is InChI=1S/C29H29N3O2/c1-34-25-14-8-13-23(18-25)24-15-16-28-30-27(20-32(28)19-24)29(33)31-26(22-11-6-3-7-12-22)17-21-9-4-2-5-10-21/h2-14,18,20,24,26H,15-17,19H2,1H3,(H,31,33)/t24-,26-/m0/s1. The molecule has 0 spiro atoms. The van der Waals surface area contributed by atoms with Crippen LogP contribution < -0.4 is 10.1 Å². The van der Waals surface area contributed by atoms with E-state index in [-0.39, 0.29) is 11.9 Å². The van der Waals surface area contributed by atoms with Crippen molar-refractivity contribution in [2.24, 2.45) is 0 Å². The molecule has 5 nitrogen and oxygen atoms in total. The second kappa shape index (κ2) is 9.96. The number of nitrogens with zero attached hydrogens (tertiary/aromatic N) is 2. The minimum atomic E-state index is -0.135. The van der Waals surface area contributed by atoms with Crippen LogP contribution in [0.1, 0.15) is 51.4 Å². The first kappa shape index (κ1) is 22.0. The molecule has 0 saturated heterocycles. The zero-order chi connectivity index (χ0) is 23.3. The number of methoxy groups -OCH3 is 1. The van der Waals surface area contributed by atoms with Crippen molar-refractivity contribution in [1.29, 1.82) is 0 Å². The van der Waals surface area contributed by atoms with E-state index in [1.54, 1.807) is 7.11 Å². The highest BCUT2D eigenvalue weighted by Crippen LogP contribution is 2.31. The van der Waals surface area contributed by atoms with Gasteiger partial charge in [-0.05, 0) is 41.7 Å². The molecule has 5 heteroatoms. The van der Waals surface area contributed by atoms with Crippen molar-refractivity contribution in [3.8, 4) is 5.75 Å². The van der Waals surface area contributed by atoms with E-state index in [1.807, 2.05) is 54.7 Å². The monoisotopic (exact) mass is 451 g/mol. The van der Waals surface area contributed by atoms with E-state index >= 15 is 0 Å². The number of imidazole rings is 1. The fourth-order valence-corrected chi connectivity index (χ4v) is 4.74. The molecule has 34 heavy (non-hydrogen) atoms. The number of carbonyl (C=O) groups is 1. The minimum Gasteiger partial charge on any atom is -0.497 e. The van der Waals surface area contributed by atoms with Gasteiger partial charge < -0.3 is 14.6 Å². The molecule has 172 valence electrons. The second-order valence-electron chi connectivity index (χ2n) is 8.83. The summed E-state index contributed by atoms with van der Waals surface area (Å²) in [6.07, 6.45) is 4.48. The van der Waals surface area contributed by atoms with Crippen LogP contribution in [0.2, 0.25) is 0 Å². The average Bonchev–Trinajstić information content (AvgIpc) is 3.33. The van der Waals surface area contributed by atoms with Gasteiger partial charge in [-0.3, -0.25) is 4.79 Å². The van der Waals surface area contributed by atoms with Gasteiger partial charge in [0.1, 0.15) is 17.3 Å². The maximum absolute atomic E-state index is 13.3. The molecule has 1 aliphatic rings. The van der Waals surface area contributed by atoms with Crippen LogP contribution in [0.3, 0.4) is 0 Å². The molecule has 1 amide bonds. The topological polar surface area (TPSA) is 56.1 Å². The SMILES string of the molecule is COc1cccc([C@H]2CCc3nc(C(=O)N[C@@H](Cc4ccccc4)c4ccccc4)cn3C2)c1. The number of carbonyl (C=O) groups excluding carboxylic acids is 1. The highest BCUT2D eigenvalue weighted by Gasteiger charge is 2.25. The molecule has 0 radical (unpaired) electrons. The second-order valence-corrected chi connectivity index (χ2v) is 8.83.